The Morgan fingerprint density at radius 3 is 2.60 bits per heavy atom. The summed E-state index contributed by atoms with van der Waals surface area (Å²) in [7, 11) is 0. The molecular weight excluding hydrogens is 272 g/mol. The van der Waals surface area contributed by atoms with Crippen molar-refractivity contribution < 1.29 is 19.7 Å². The van der Waals surface area contributed by atoms with Crippen LogP contribution < -0.4 is 5.43 Å². The Morgan fingerprint density at radius 1 is 1.35 bits per heavy atom. The highest BCUT2D eigenvalue weighted by Crippen LogP contribution is 2.28. The van der Waals surface area contributed by atoms with Gasteiger partial charge in [0.1, 0.15) is 5.69 Å². The number of nitro groups is 2. The van der Waals surface area contributed by atoms with Crippen molar-refractivity contribution in [3.05, 3.63) is 38.4 Å². The number of nitrogens with one attached hydrogen (secondary N) is 1. The zero-order valence-electron chi connectivity index (χ0n) is 10.1. The van der Waals surface area contributed by atoms with Crippen molar-refractivity contribution in [1.82, 2.24) is 0 Å². The summed E-state index contributed by atoms with van der Waals surface area (Å²) < 4.78 is 0. The SMILES string of the molecule is O=C(O)CC/C=N\Nc1ccc([N+](=O)[O-])cc1[N+](=O)[O-]. The number of nitrogens with zero attached hydrogens (tertiary/aromatic N) is 3. The predicted octanol–water partition coefficient (Wildman–Crippen LogP) is 1.77. The van der Waals surface area contributed by atoms with Crippen LogP contribution in [0.15, 0.2) is 23.3 Å². The van der Waals surface area contributed by atoms with Crippen LogP contribution >= 0.6 is 0 Å². The molecule has 0 heterocycles. The van der Waals surface area contributed by atoms with Crippen LogP contribution in [0.1, 0.15) is 12.8 Å². The molecule has 0 atom stereocenters. The third-order valence-electron chi connectivity index (χ3n) is 2.15. The van der Waals surface area contributed by atoms with Crippen molar-refractivity contribution in [3.8, 4) is 0 Å². The van der Waals surface area contributed by atoms with Crippen LogP contribution in [-0.2, 0) is 4.79 Å². The normalized spacial score (nSPS) is 10.4. The molecule has 1 aromatic carbocycles. The number of rotatable bonds is 7. The topological polar surface area (TPSA) is 148 Å². The van der Waals surface area contributed by atoms with Gasteiger partial charge in [-0.2, -0.15) is 5.10 Å². The van der Waals surface area contributed by atoms with E-state index in [9.17, 15) is 25.0 Å². The zero-order chi connectivity index (χ0) is 15.1. The van der Waals surface area contributed by atoms with Crippen LogP contribution in [-0.4, -0.2) is 27.1 Å². The predicted molar refractivity (Wildman–Crippen MR) is 68.7 cm³/mol. The van der Waals surface area contributed by atoms with Crippen molar-refractivity contribution in [2.24, 2.45) is 5.10 Å². The maximum absolute atomic E-state index is 10.8. The molecule has 20 heavy (non-hydrogen) atoms. The summed E-state index contributed by atoms with van der Waals surface area (Å²) in [6.07, 6.45) is 1.29. The molecule has 2 N–H and O–H groups in total. The molecule has 0 saturated carbocycles. The molecule has 10 nitrogen and oxygen atoms in total. The molecule has 0 saturated heterocycles. The lowest BCUT2D eigenvalue weighted by Gasteiger charge is -2.01. The Hall–Kier alpha value is -3.04. The molecular formula is C10H10N4O6. The minimum absolute atomic E-state index is 0.0211. The van der Waals surface area contributed by atoms with Crippen LogP contribution in [0.2, 0.25) is 0 Å². The van der Waals surface area contributed by atoms with Gasteiger partial charge in [-0.1, -0.05) is 0 Å². The van der Waals surface area contributed by atoms with Gasteiger partial charge < -0.3 is 5.11 Å². The lowest BCUT2D eigenvalue weighted by Crippen LogP contribution is -1.99. The monoisotopic (exact) mass is 282 g/mol. The van der Waals surface area contributed by atoms with Crippen molar-refractivity contribution in [2.45, 2.75) is 12.8 Å². The number of nitro benzene ring substituents is 2. The maximum Gasteiger partial charge on any atom is 0.303 e. The summed E-state index contributed by atoms with van der Waals surface area (Å²) in [5, 5.41) is 33.3. The van der Waals surface area contributed by atoms with E-state index in [2.05, 4.69) is 10.5 Å². The van der Waals surface area contributed by atoms with E-state index in [4.69, 9.17) is 5.11 Å². The van der Waals surface area contributed by atoms with Crippen LogP contribution in [0, 0.1) is 20.2 Å². The third-order valence-corrected chi connectivity index (χ3v) is 2.15. The van der Waals surface area contributed by atoms with Gasteiger partial charge in [-0.15, -0.1) is 0 Å². The van der Waals surface area contributed by atoms with Crippen LogP contribution in [0.4, 0.5) is 17.1 Å². The van der Waals surface area contributed by atoms with Gasteiger partial charge >= 0.3 is 11.7 Å². The number of hydrogen-bond donors (Lipinski definition) is 2. The average Bonchev–Trinajstić information content (AvgIpc) is 2.37. The van der Waals surface area contributed by atoms with Crippen LogP contribution in [0.25, 0.3) is 0 Å². The number of hydrazone groups is 1. The second kappa shape index (κ2) is 6.78. The van der Waals surface area contributed by atoms with Gasteiger partial charge in [0.2, 0.25) is 0 Å². The summed E-state index contributed by atoms with van der Waals surface area (Å²) >= 11 is 0. The van der Waals surface area contributed by atoms with Gasteiger partial charge in [-0.25, -0.2) is 0 Å². The average molecular weight is 282 g/mol. The Bertz CT molecular complexity index is 571. The van der Waals surface area contributed by atoms with E-state index in [1.807, 2.05) is 0 Å². The molecule has 0 amide bonds. The minimum Gasteiger partial charge on any atom is -0.481 e. The summed E-state index contributed by atoms with van der Waals surface area (Å²) in [6, 6.07) is 3.07. The van der Waals surface area contributed by atoms with Gasteiger partial charge in [-0.05, 0) is 12.5 Å². The number of anilines is 1. The number of carboxylic acids is 1. The zero-order valence-corrected chi connectivity index (χ0v) is 10.1. The maximum atomic E-state index is 10.8. The fourth-order valence-electron chi connectivity index (χ4n) is 1.25. The van der Waals surface area contributed by atoms with E-state index in [0.29, 0.717) is 0 Å². The molecule has 0 aliphatic rings. The molecule has 0 bridgehead atoms. The summed E-state index contributed by atoms with van der Waals surface area (Å²) in [5.41, 5.74) is 1.43. The second-order valence-corrected chi connectivity index (χ2v) is 3.57. The van der Waals surface area contributed by atoms with E-state index >= 15 is 0 Å². The summed E-state index contributed by atoms with van der Waals surface area (Å²) in [6.45, 7) is 0. The molecule has 106 valence electrons. The number of carbonyl (C=O) groups is 1. The van der Waals surface area contributed by atoms with Crippen molar-refractivity contribution >= 4 is 29.2 Å². The third kappa shape index (κ3) is 4.33. The van der Waals surface area contributed by atoms with E-state index in [1.165, 1.54) is 6.21 Å². The van der Waals surface area contributed by atoms with E-state index in [1.54, 1.807) is 0 Å². The first-order valence-corrected chi connectivity index (χ1v) is 5.34. The van der Waals surface area contributed by atoms with Crippen LogP contribution in [0.3, 0.4) is 0 Å². The molecule has 0 aromatic heterocycles. The van der Waals surface area contributed by atoms with Gasteiger partial charge in [-0.3, -0.25) is 30.4 Å². The van der Waals surface area contributed by atoms with E-state index < -0.39 is 27.2 Å². The largest absolute Gasteiger partial charge is 0.481 e. The lowest BCUT2D eigenvalue weighted by molar-refractivity contribution is -0.393. The quantitative estimate of drug-likeness (QED) is 0.439. The smallest absolute Gasteiger partial charge is 0.303 e. The second-order valence-electron chi connectivity index (χ2n) is 3.57. The van der Waals surface area contributed by atoms with Crippen molar-refractivity contribution in [2.75, 3.05) is 5.43 Å². The number of non-ortho nitro benzene ring substituents is 1. The Labute approximate surface area is 112 Å². The Balaban J connectivity index is 2.81. The summed E-state index contributed by atoms with van der Waals surface area (Å²) in [5.74, 6) is -0.988. The fourth-order valence-corrected chi connectivity index (χ4v) is 1.25. The van der Waals surface area contributed by atoms with Gasteiger partial charge in [0, 0.05) is 12.3 Å². The fraction of sp³-hybridized carbons (Fsp3) is 0.200. The van der Waals surface area contributed by atoms with Gasteiger partial charge in [0.25, 0.3) is 5.69 Å². The van der Waals surface area contributed by atoms with E-state index in [-0.39, 0.29) is 18.5 Å². The lowest BCUT2D eigenvalue weighted by atomic mass is 10.2. The van der Waals surface area contributed by atoms with Gasteiger partial charge in [0.15, 0.2) is 0 Å². The first kappa shape index (κ1) is 15.0. The molecule has 0 unspecified atom stereocenters. The first-order chi connectivity index (χ1) is 9.41. The number of hydrogen-bond acceptors (Lipinski definition) is 7. The highest BCUT2D eigenvalue weighted by molar-refractivity contribution is 5.72. The molecule has 0 fully saturated rings. The standard InChI is InChI=1S/C10H10N4O6/c15-10(16)2-1-5-11-12-8-4-3-7(13(17)18)6-9(8)14(19)20/h3-6,12H,1-2H2,(H,15,16)/b11-5-. The molecule has 0 aliphatic heterocycles. The number of aliphatic carboxylic acids is 1. The molecule has 0 aliphatic carbocycles. The molecule has 1 rings (SSSR count). The van der Waals surface area contributed by atoms with Crippen molar-refractivity contribution in [3.63, 3.8) is 0 Å². The van der Waals surface area contributed by atoms with Gasteiger partial charge in [0.05, 0.1) is 22.3 Å². The Morgan fingerprint density at radius 2 is 2.05 bits per heavy atom. The van der Waals surface area contributed by atoms with Crippen molar-refractivity contribution in [1.29, 1.82) is 0 Å². The van der Waals surface area contributed by atoms with Crippen LogP contribution in [0.5, 0.6) is 0 Å². The van der Waals surface area contributed by atoms with E-state index in [0.717, 1.165) is 18.2 Å². The summed E-state index contributed by atoms with van der Waals surface area (Å²) in [4.78, 5) is 30.0. The molecule has 10 heteroatoms. The molecule has 1 aromatic rings. The minimum atomic E-state index is -0.988. The highest BCUT2D eigenvalue weighted by Gasteiger charge is 2.18. The first-order valence-electron chi connectivity index (χ1n) is 5.34. The number of benzene rings is 1. The number of carboxylic acid groups (broad SMARTS) is 1. The highest BCUT2D eigenvalue weighted by atomic mass is 16.6. The molecule has 0 radical (unpaired) electrons. The Kier molecular flexibility index (Phi) is 5.09. The molecule has 0 spiro atoms.